The average Bonchev–Trinajstić information content (AvgIpc) is 2.56. The van der Waals surface area contributed by atoms with Crippen LogP contribution in [0.2, 0.25) is 0 Å². The quantitative estimate of drug-likeness (QED) is 0.867. The van der Waals surface area contributed by atoms with E-state index in [-0.39, 0.29) is 18.4 Å². The summed E-state index contributed by atoms with van der Waals surface area (Å²) in [5, 5.41) is 0. The first-order valence-corrected chi connectivity index (χ1v) is 6.27. The Morgan fingerprint density at radius 3 is 2.37 bits per heavy atom. The Hall–Kier alpha value is -1.13. The maximum Gasteiger partial charge on any atom is 0.203 e. The molecule has 19 heavy (non-hydrogen) atoms. The van der Waals surface area contributed by atoms with Gasteiger partial charge in [0.15, 0.2) is 11.5 Å². The van der Waals surface area contributed by atoms with Gasteiger partial charge in [-0.25, -0.2) is 0 Å². The fraction of sp³-hybridized carbons (Fsp3) is 0.571. The van der Waals surface area contributed by atoms with Crippen LogP contribution in [0.3, 0.4) is 0 Å². The molecule has 0 bridgehead atoms. The molecule has 1 aliphatic rings. The van der Waals surface area contributed by atoms with Gasteiger partial charge in [0.2, 0.25) is 5.75 Å². The van der Waals surface area contributed by atoms with E-state index in [2.05, 4.69) is 6.07 Å². The van der Waals surface area contributed by atoms with E-state index in [1.54, 1.807) is 21.3 Å². The lowest BCUT2D eigenvalue weighted by molar-refractivity contribution is 0.321. The van der Waals surface area contributed by atoms with Gasteiger partial charge in [-0.2, -0.15) is 0 Å². The second-order valence-corrected chi connectivity index (χ2v) is 4.64. The third-order valence-electron chi connectivity index (χ3n) is 3.51. The van der Waals surface area contributed by atoms with Crippen LogP contribution in [0.15, 0.2) is 6.07 Å². The molecule has 0 aliphatic heterocycles. The molecule has 2 N–H and O–H groups in total. The lowest BCUT2D eigenvalue weighted by atomic mass is 9.99. The highest BCUT2D eigenvalue weighted by atomic mass is 35.5. The summed E-state index contributed by atoms with van der Waals surface area (Å²) in [5.74, 6) is 2.15. The van der Waals surface area contributed by atoms with E-state index in [0.717, 1.165) is 37.2 Å². The Labute approximate surface area is 120 Å². The van der Waals surface area contributed by atoms with Crippen LogP contribution in [0, 0.1) is 0 Å². The van der Waals surface area contributed by atoms with Gasteiger partial charge in [0, 0.05) is 11.6 Å². The maximum atomic E-state index is 6.11. The minimum Gasteiger partial charge on any atom is -0.493 e. The summed E-state index contributed by atoms with van der Waals surface area (Å²) in [6, 6.07) is 2.24. The van der Waals surface area contributed by atoms with E-state index in [0.29, 0.717) is 5.75 Å². The maximum absolute atomic E-state index is 6.11. The van der Waals surface area contributed by atoms with Gasteiger partial charge < -0.3 is 19.9 Å². The Kier molecular flexibility index (Phi) is 5.76. The number of aryl methyl sites for hydroxylation is 1. The number of hydrogen-bond donors (Lipinski definition) is 1. The Bertz CT molecular complexity index is 437. The number of rotatable bonds is 3. The van der Waals surface area contributed by atoms with Crippen molar-refractivity contribution >= 4 is 12.4 Å². The lowest BCUT2D eigenvalue weighted by Gasteiger charge is -2.19. The second-order valence-electron chi connectivity index (χ2n) is 4.64. The fourth-order valence-electron chi connectivity index (χ4n) is 2.63. The average molecular weight is 288 g/mol. The molecule has 4 nitrogen and oxygen atoms in total. The first kappa shape index (κ1) is 15.9. The van der Waals surface area contributed by atoms with Crippen molar-refractivity contribution in [3.8, 4) is 17.2 Å². The van der Waals surface area contributed by atoms with Crippen molar-refractivity contribution < 1.29 is 14.2 Å². The number of methoxy groups -OCH3 is 3. The summed E-state index contributed by atoms with van der Waals surface area (Å²) in [6.07, 6.45) is 3.99. The molecular weight excluding hydrogens is 266 g/mol. The molecule has 0 fully saturated rings. The molecule has 0 saturated heterocycles. The van der Waals surface area contributed by atoms with Crippen molar-refractivity contribution in [1.29, 1.82) is 0 Å². The normalized spacial score (nSPS) is 17.8. The van der Waals surface area contributed by atoms with E-state index in [4.69, 9.17) is 19.9 Å². The summed E-state index contributed by atoms with van der Waals surface area (Å²) in [5.41, 5.74) is 8.54. The van der Waals surface area contributed by atoms with Crippen LogP contribution in [0.1, 0.15) is 24.0 Å². The molecule has 1 unspecified atom stereocenters. The Balaban J connectivity index is 0.00000180. The van der Waals surface area contributed by atoms with E-state index >= 15 is 0 Å². The van der Waals surface area contributed by atoms with Gasteiger partial charge in [0.25, 0.3) is 0 Å². The molecule has 0 aromatic heterocycles. The van der Waals surface area contributed by atoms with Crippen LogP contribution in [-0.2, 0) is 12.8 Å². The number of benzene rings is 1. The summed E-state index contributed by atoms with van der Waals surface area (Å²) in [4.78, 5) is 0. The van der Waals surface area contributed by atoms with Crippen molar-refractivity contribution in [2.75, 3.05) is 21.3 Å². The number of halogens is 1. The van der Waals surface area contributed by atoms with Crippen LogP contribution >= 0.6 is 12.4 Å². The highest BCUT2D eigenvalue weighted by molar-refractivity contribution is 5.85. The van der Waals surface area contributed by atoms with E-state index in [1.165, 1.54) is 11.1 Å². The Morgan fingerprint density at radius 1 is 1.11 bits per heavy atom. The third-order valence-corrected chi connectivity index (χ3v) is 3.51. The highest BCUT2D eigenvalue weighted by Crippen LogP contribution is 2.43. The van der Waals surface area contributed by atoms with Crippen molar-refractivity contribution in [3.63, 3.8) is 0 Å². The smallest absolute Gasteiger partial charge is 0.203 e. The Morgan fingerprint density at radius 2 is 1.79 bits per heavy atom. The molecule has 0 radical (unpaired) electrons. The number of nitrogens with two attached hydrogens (primary N) is 1. The number of hydrogen-bond acceptors (Lipinski definition) is 4. The molecule has 108 valence electrons. The third kappa shape index (κ3) is 3.07. The zero-order chi connectivity index (χ0) is 13.1. The first-order valence-electron chi connectivity index (χ1n) is 6.27. The molecule has 1 aromatic carbocycles. The predicted molar refractivity (Wildman–Crippen MR) is 78.0 cm³/mol. The van der Waals surface area contributed by atoms with Crippen LogP contribution in [0.5, 0.6) is 17.2 Å². The molecule has 1 aromatic rings. The van der Waals surface area contributed by atoms with Crippen molar-refractivity contribution in [3.05, 3.63) is 17.2 Å². The number of fused-ring (bicyclic) bond motifs is 1. The molecule has 1 aliphatic carbocycles. The zero-order valence-electron chi connectivity index (χ0n) is 11.7. The lowest BCUT2D eigenvalue weighted by Crippen LogP contribution is -2.21. The first-order chi connectivity index (χ1) is 8.71. The van der Waals surface area contributed by atoms with Gasteiger partial charge in [-0.05, 0) is 37.3 Å². The van der Waals surface area contributed by atoms with E-state index < -0.39 is 0 Å². The van der Waals surface area contributed by atoms with Gasteiger partial charge in [-0.15, -0.1) is 12.4 Å². The molecule has 1 atom stereocenters. The summed E-state index contributed by atoms with van der Waals surface area (Å²) in [6.45, 7) is 0. The molecule has 0 amide bonds. The van der Waals surface area contributed by atoms with Crippen LogP contribution in [0.25, 0.3) is 0 Å². The van der Waals surface area contributed by atoms with E-state index in [9.17, 15) is 0 Å². The second kappa shape index (κ2) is 6.87. The molecule has 0 heterocycles. The highest BCUT2D eigenvalue weighted by Gasteiger charge is 2.23. The van der Waals surface area contributed by atoms with Gasteiger partial charge in [-0.1, -0.05) is 0 Å². The molecule has 0 spiro atoms. The van der Waals surface area contributed by atoms with Gasteiger partial charge in [0.05, 0.1) is 21.3 Å². The van der Waals surface area contributed by atoms with Gasteiger partial charge in [-0.3, -0.25) is 0 Å². The summed E-state index contributed by atoms with van der Waals surface area (Å²) < 4.78 is 16.3. The number of ether oxygens (including phenoxy) is 3. The van der Waals surface area contributed by atoms with Crippen molar-refractivity contribution in [1.82, 2.24) is 0 Å². The molecule has 5 heteroatoms. The zero-order valence-corrected chi connectivity index (χ0v) is 12.5. The van der Waals surface area contributed by atoms with Gasteiger partial charge in [0.1, 0.15) is 0 Å². The largest absolute Gasteiger partial charge is 0.493 e. The monoisotopic (exact) mass is 287 g/mol. The van der Waals surface area contributed by atoms with Crippen LogP contribution in [0.4, 0.5) is 0 Å². The van der Waals surface area contributed by atoms with Crippen molar-refractivity contribution in [2.24, 2.45) is 5.73 Å². The summed E-state index contributed by atoms with van der Waals surface area (Å²) in [7, 11) is 4.93. The van der Waals surface area contributed by atoms with E-state index in [1.807, 2.05) is 0 Å². The van der Waals surface area contributed by atoms with Crippen LogP contribution in [-0.4, -0.2) is 27.4 Å². The molecule has 0 saturated carbocycles. The topological polar surface area (TPSA) is 53.7 Å². The predicted octanol–water partition coefficient (Wildman–Crippen LogP) is 2.34. The van der Waals surface area contributed by atoms with Crippen molar-refractivity contribution in [2.45, 2.75) is 31.7 Å². The minimum atomic E-state index is 0. The van der Waals surface area contributed by atoms with Crippen LogP contribution < -0.4 is 19.9 Å². The molecule has 2 rings (SSSR count). The standard InChI is InChI=1S/C14H21NO3.ClH/c1-16-12-7-9-5-4-6-10(15)8-11(9)13(17-2)14(12)18-3;/h7,10H,4-6,8,15H2,1-3H3;1H. The molecular formula is C14H22ClNO3. The summed E-state index contributed by atoms with van der Waals surface area (Å²) >= 11 is 0. The minimum absolute atomic E-state index is 0. The van der Waals surface area contributed by atoms with Gasteiger partial charge >= 0.3 is 0 Å². The fourth-order valence-corrected chi connectivity index (χ4v) is 2.63. The SMILES string of the molecule is COc1cc2c(c(OC)c1OC)CC(N)CCC2.Cl.